The second kappa shape index (κ2) is 9.81. The van der Waals surface area contributed by atoms with Crippen LogP contribution in [-0.4, -0.2) is 54.0 Å². The molecule has 0 bridgehead atoms. The van der Waals surface area contributed by atoms with E-state index < -0.39 is 11.8 Å². The number of nitrogens with zero attached hydrogens (tertiary/aromatic N) is 5. The van der Waals surface area contributed by atoms with Crippen molar-refractivity contribution >= 4 is 40.7 Å². The third-order valence-corrected chi connectivity index (χ3v) is 4.88. The summed E-state index contributed by atoms with van der Waals surface area (Å²) in [7, 11) is 4.97. The van der Waals surface area contributed by atoms with Crippen LogP contribution in [0.25, 0.3) is 0 Å². The smallest absolute Gasteiger partial charge is 0.291 e. The Morgan fingerprint density at radius 3 is 2.03 bits per heavy atom. The Morgan fingerprint density at radius 2 is 1.50 bits per heavy atom. The molecule has 0 spiro atoms. The first kappa shape index (κ1) is 23.9. The number of nitrogen functional groups attached to an aromatic ring is 1. The third kappa shape index (κ3) is 5.35. The number of oxime groups is 1. The summed E-state index contributed by atoms with van der Waals surface area (Å²) >= 11 is 0. The summed E-state index contributed by atoms with van der Waals surface area (Å²) in [5, 5.41) is 19.5. The van der Waals surface area contributed by atoms with Crippen molar-refractivity contribution in [1.29, 1.82) is 0 Å². The summed E-state index contributed by atoms with van der Waals surface area (Å²) in [4.78, 5) is 41.6. The second-order valence-corrected chi connectivity index (χ2v) is 7.56. The number of rotatable bonds is 8. The van der Waals surface area contributed by atoms with E-state index in [0.717, 1.165) is 0 Å². The van der Waals surface area contributed by atoms with Crippen LogP contribution in [0.4, 0.5) is 17.2 Å². The molecule has 0 atom stereocenters. The van der Waals surface area contributed by atoms with Gasteiger partial charge in [0.25, 0.3) is 17.7 Å². The number of carbonyl (C=O) groups excluding carboxylic acids is 3. The number of amides is 3. The Bertz CT molecular complexity index is 1270. The molecule has 0 aromatic carbocycles. The Kier molecular flexibility index (Phi) is 6.89. The predicted molar refractivity (Wildman–Crippen MR) is 125 cm³/mol. The second-order valence-electron chi connectivity index (χ2n) is 7.56. The maximum Gasteiger partial charge on any atom is 0.291 e. The summed E-state index contributed by atoms with van der Waals surface area (Å²) in [5.41, 5.74) is 12.4. The van der Waals surface area contributed by atoms with Gasteiger partial charge in [-0.1, -0.05) is 5.16 Å². The van der Waals surface area contributed by atoms with Gasteiger partial charge in [0.2, 0.25) is 5.82 Å². The van der Waals surface area contributed by atoms with Crippen molar-refractivity contribution in [2.24, 2.45) is 32.0 Å². The van der Waals surface area contributed by atoms with Crippen LogP contribution in [0, 0.1) is 0 Å². The molecule has 0 aliphatic rings. The first-order valence-electron chi connectivity index (χ1n) is 10.1. The van der Waals surface area contributed by atoms with E-state index in [9.17, 15) is 14.4 Å². The molecule has 3 amide bonds. The minimum Gasteiger partial charge on any atom is -0.409 e. The fraction of sp³-hybridized carbons (Fsp3) is 0.250. The first-order chi connectivity index (χ1) is 16.1. The number of hydrogen-bond donors (Lipinski definition) is 6. The van der Waals surface area contributed by atoms with Crippen molar-refractivity contribution in [3.63, 3.8) is 0 Å². The van der Waals surface area contributed by atoms with Gasteiger partial charge in [0, 0.05) is 52.7 Å². The molecule has 0 saturated heterocycles. The van der Waals surface area contributed by atoms with E-state index in [1.54, 1.807) is 42.7 Å². The van der Waals surface area contributed by atoms with Gasteiger partial charge < -0.3 is 46.3 Å². The topological polar surface area (TPSA) is 200 Å². The summed E-state index contributed by atoms with van der Waals surface area (Å²) in [5.74, 6) is -0.931. The lowest BCUT2D eigenvalue weighted by atomic mass is 10.3. The van der Waals surface area contributed by atoms with E-state index in [-0.39, 0.29) is 42.0 Å². The molecular weight excluding hydrogens is 444 g/mol. The number of aryl methyl sites for hydroxylation is 3. The van der Waals surface area contributed by atoms with E-state index in [0.29, 0.717) is 17.1 Å². The fourth-order valence-electron chi connectivity index (χ4n) is 3.24. The highest BCUT2D eigenvalue weighted by Crippen LogP contribution is 2.18. The lowest BCUT2D eigenvalue weighted by molar-refractivity contribution is 0.0944. The van der Waals surface area contributed by atoms with Crippen molar-refractivity contribution in [2.75, 3.05) is 22.9 Å². The fourth-order valence-corrected chi connectivity index (χ4v) is 3.24. The minimum atomic E-state index is -0.470. The average molecular weight is 470 g/mol. The molecule has 0 saturated carbocycles. The van der Waals surface area contributed by atoms with Gasteiger partial charge in [0.1, 0.15) is 23.0 Å². The monoisotopic (exact) mass is 470 g/mol. The molecule has 0 aliphatic heterocycles. The third-order valence-electron chi connectivity index (χ3n) is 4.88. The normalized spacial score (nSPS) is 11.3. The molecule has 0 aliphatic carbocycles. The van der Waals surface area contributed by atoms with Gasteiger partial charge in [-0.25, -0.2) is 4.98 Å². The van der Waals surface area contributed by atoms with Crippen LogP contribution in [0.1, 0.15) is 38.0 Å². The molecule has 0 unspecified atom stereocenters. The number of aromatic nitrogens is 4. The van der Waals surface area contributed by atoms with Gasteiger partial charge in [0.05, 0.1) is 11.4 Å². The molecule has 3 rings (SSSR count). The maximum absolute atomic E-state index is 12.8. The number of imidazole rings is 1. The Morgan fingerprint density at radius 1 is 0.941 bits per heavy atom. The zero-order valence-electron chi connectivity index (χ0n) is 18.9. The average Bonchev–Trinajstić information content (AvgIpc) is 3.43. The lowest BCUT2D eigenvalue weighted by Gasteiger charge is -2.04. The summed E-state index contributed by atoms with van der Waals surface area (Å²) in [6.45, 7) is 0.185. The number of carbonyl (C=O) groups is 3. The molecule has 3 aromatic heterocycles. The molecular formula is C20H26N10O4. The lowest BCUT2D eigenvalue weighted by Crippen LogP contribution is -2.29. The predicted octanol–water partition coefficient (Wildman–Crippen LogP) is 0.0502. The molecule has 0 radical (unpaired) electrons. The zero-order chi connectivity index (χ0) is 25.0. The highest BCUT2D eigenvalue weighted by molar-refractivity contribution is 6.06. The number of nitrogens with one attached hydrogen (secondary N) is 3. The SMILES string of the molecule is Cn1cc(NC(=O)c2cc(NC(=O)c3nc(N)cn3C)cn2C)cc1C(=O)NCCC(N)=NO. The summed E-state index contributed by atoms with van der Waals surface area (Å²) in [6.07, 6.45) is 4.89. The van der Waals surface area contributed by atoms with Crippen molar-refractivity contribution in [3.05, 3.63) is 47.9 Å². The largest absolute Gasteiger partial charge is 0.409 e. The van der Waals surface area contributed by atoms with Crippen molar-refractivity contribution in [1.82, 2.24) is 24.0 Å². The van der Waals surface area contributed by atoms with Crippen LogP contribution in [0.15, 0.2) is 35.9 Å². The van der Waals surface area contributed by atoms with Gasteiger partial charge in [-0.15, -0.1) is 0 Å². The van der Waals surface area contributed by atoms with E-state index in [1.165, 1.54) is 22.9 Å². The highest BCUT2D eigenvalue weighted by atomic mass is 16.4. The van der Waals surface area contributed by atoms with Crippen LogP contribution >= 0.6 is 0 Å². The van der Waals surface area contributed by atoms with Gasteiger partial charge in [-0.3, -0.25) is 14.4 Å². The van der Waals surface area contributed by atoms with Crippen LogP contribution in [-0.2, 0) is 21.1 Å². The molecule has 34 heavy (non-hydrogen) atoms. The van der Waals surface area contributed by atoms with Gasteiger partial charge in [0.15, 0.2) is 0 Å². The molecule has 3 aromatic rings. The highest BCUT2D eigenvalue weighted by Gasteiger charge is 2.18. The maximum atomic E-state index is 12.8. The number of hydrogen-bond acceptors (Lipinski definition) is 7. The quantitative estimate of drug-likeness (QED) is 0.116. The van der Waals surface area contributed by atoms with Crippen LogP contribution in [0.2, 0.25) is 0 Å². The molecule has 8 N–H and O–H groups in total. The van der Waals surface area contributed by atoms with Crippen LogP contribution < -0.4 is 27.4 Å². The Hall–Kier alpha value is -4.75. The van der Waals surface area contributed by atoms with Gasteiger partial charge in [-0.05, 0) is 12.1 Å². The Balaban J connectivity index is 1.65. The van der Waals surface area contributed by atoms with E-state index in [4.69, 9.17) is 16.7 Å². The Labute approximate surface area is 194 Å². The van der Waals surface area contributed by atoms with E-state index in [1.807, 2.05) is 0 Å². The van der Waals surface area contributed by atoms with Crippen molar-refractivity contribution in [2.45, 2.75) is 6.42 Å². The summed E-state index contributed by atoms with van der Waals surface area (Å²) < 4.78 is 4.62. The molecule has 3 heterocycles. The first-order valence-corrected chi connectivity index (χ1v) is 10.1. The minimum absolute atomic E-state index is 0.00214. The number of anilines is 3. The molecule has 180 valence electrons. The number of nitrogens with two attached hydrogens (primary N) is 2. The van der Waals surface area contributed by atoms with Crippen LogP contribution in [0.5, 0.6) is 0 Å². The number of amidine groups is 1. The zero-order valence-corrected chi connectivity index (χ0v) is 18.9. The molecule has 14 nitrogen and oxygen atoms in total. The van der Waals surface area contributed by atoms with Crippen molar-refractivity contribution in [3.8, 4) is 0 Å². The van der Waals surface area contributed by atoms with E-state index >= 15 is 0 Å². The van der Waals surface area contributed by atoms with Crippen molar-refractivity contribution < 1.29 is 19.6 Å². The standard InChI is InChI=1S/C20H26N10O4/c1-28-8-11(6-13(28)18(31)23-5-4-15(21)27-34)24-19(32)14-7-12(9-29(14)2)25-20(33)17-26-16(22)10-30(17)3/h6-10,34H,4-5,22H2,1-3H3,(H2,21,27)(H,23,31)(H,24,32)(H,25,33). The van der Waals surface area contributed by atoms with Gasteiger partial charge >= 0.3 is 0 Å². The van der Waals surface area contributed by atoms with Crippen LogP contribution in [0.3, 0.4) is 0 Å². The van der Waals surface area contributed by atoms with Gasteiger partial charge in [-0.2, -0.15) is 0 Å². The molecule has 0 fully saturated rings. The summed E-state index contributed by atoms with van der Waals surface area (Å²) in [6, 6.07) is 3.04. The molecule has 14 heteroatoms. The van der Waals surface area contributed by atoms with E-state index in [2.05, 4.69) is 26.1 Å².